The molecule has 3 rings (SSSR count). The van der Waals surface area contributed by atoms with Crippen LogP contribution in [0.2, 0.25) is 0 Å². The van der Waals surface area contributed by atoms with E-state index < -0.39 is 0 Å². The van der Waals surface area contributed by atoms with E-state index in [4.69, 9.17) is 5.73 Å². The summed E-state index contributed by atoms with van der Waals surface area (Å²) in [6, 6.07) is 10.0. The summed E-state index contributed by atoms with van der Waals surface area (Å²) < 4.78 is 2.02. The van der Waals surface area contributed by atoms with Gasteiger partial charge in [0.25, 0.3) is 0 Å². The van der Waals surface area contributed by atoms with E-state index in [0.29, 0.717) is 5.16 Å². The third kappa shape index (κ3) is 3.50. The van der Waals surface area contributed by atoms with E-state index in [9.17, 15) is 4.79 Å². The van der Waals surface area contributed by atoms with E-state index in [1.54, 1.807) is 6.92 Å². The third-order valence-electron chi connectivity index (χ3n) is 3.95. The van der Waals surface area contributed by atoms with Crippen LogP contribution in [0.5, 0.6) is 0 Å². The number of carbonyl (C=O) groups is 1. The first-order valence-corrected chi connectivity index (χ1v) is 8.76. The minimum atomic E-state index is -0.351. The van der Waals surface area contributed by atoms with Gasteiger partial charge in [0.1, 0.15) is 0 Å². The smallest absolute Gasteiger partial charge is 0.232 e. The maximum absolute atomic E-state index is 11.4. The normalized spacial score (nSPS) is 16.3. The van der Waals surface area contributed by atoms with Gasteiger partial charge >= 0.3 is 0 Å². The Balaban J connectivity index is 1.99. The standard InChI is InChI=1S/C16H21N5OS/c1-12(14(17)22)23-16-19-18-15(20-10-6-3-7-11-20)21(16)13-8-4-2-5-9-13/h2,4-5,8-9,12H,3,6-7,10-11H2,1H3,(H2,17,22)/t12-/m0/s1. The maximum atomic E-state index is 11.4. The highest BCUT2D eigenvalue weighted by Gasteiger charge is 2.23. The number of para-hydroxylation sites is 1. The fraction of sp³-hybridized carbons (Fsp3) is 0.438. The van der Waals surface area contributed by atoms with Crippen molar-refractivity contribution in [3.63, 3.8) is 0 Å². The molecule has 7 heteroatoms. The number of nitrogens with two attached hydrogens (primary N) is 1. The Morgan fingerprint density at radius 3 is 2.52 bits per heavy atom. The first-order chi connectivity index (χ1) is 11.2. The van der Waals surface area contributed by atoms with Gasteiger partial charge in [-0.05, 0) is 38.3 Å². The van der Waals surface area contributed by atoms with Crippen molar-refractivity contribution in [3.05, 3.63) is 30.3 Å². The predicted molar refractivity (Wildman–Crippen MR) is 91.9 cm³/mol. The minimum absolute atomic E-state index is 0.350. The lowest BCUT2D eigenvalue weighted by Crippen LogP contribution is -2.31. The van der Waals surface area contributed by atoms with E-state index >= 15 is 0 Å². The van der Waals surface area contributed by atoms with E-state index in [1.807, 2.05) is 34.9 Å². The number of hydrogen-bond acceptors (Lipinski definition) is 5. The van der Waals surface area contributed by atoms with Crippen molar-refractivity contribution in [3.8, 4) is 5.69 Å². The maximum Gasteiger partial charge on any atom is 0.232 e. The number of aromatic nitrogens is 3. The van der Waals surface area contributed by atoms with E-state index in [2.05, 4.69) is 15.1 Å². The molecule has 2 N–H and O–H groups in total. The molecular formula is C16H21N5OS. The van der Waals surface area contributed by atoms with Crippen LogP contribution in [0, 0.1) is 0 Å². The number of amides is 1. The number of primary amides is 1. The van der Waals surface area contributed by atoms with Crippen LogP contribution in [0.1, 0.15) is 26.2 Å². The summed E-state index contributed by atoms with van der Waals surface area (Å²) in [7, 11) is 0. The van der Waals surface area contributed by atoms with Gasteiger partial charge in [-0.15, -0.1) is 10.2 Å². The SMILES string of the molecule is C[C@H](Sc1nnc(N2CCCCC2)n1-c1ccccc1)C(N)=O. The predicted octanol–water partition coefficient (Wildman–Crippen LogP) is 2.22. The van der Waals surface area contributed by atoms with Gasteiger partial charge in [-0.2, -0.15) is 0 Å². The molecule has 0 spiro atoms. The lowest BCUT2D eigenvalue weighted by atomic mass is 10.1. The molecule has 1 aromatic carbocycles. The van der Waals surface area contributed by atoms with Gasteiger partial charge in [0, 0.05) is 13.1 Å². The molecule has 23 heavy (non-hydrogen) atoms. The summed E-state index contributed by atoms with van der Waals surface area (Å²) in [5.41, 5.74) is 6.39. The van der Waals surface area contributed by atoms with Gasteiger partial charge in [0.15, 0.2) is 5.16 Å². The van der Waals surface area contributed by atoms with Crippen LogP contribution in [-0.2, 0) is 4.79 Å². The van der Waals surface area contributed by atoms with Gasteiger partial charge < -0.3 is 10.6 Å². The van der Waals surface area contributed by atoms with Crippen molar-refractivity contribution in [1.82, 2.24) is 14.8 Å². The van der Waals surface area contributed by atoms with E-state index in [1.165, 1.54) is 31.0 Å². The number of rotatable bonds is 5. The molecule has 6 nitrogen and oxygen atoms in total. The van der Waals surface area contributed by atoms with Gasteiger partial charge in [0.2, 0.25) is 11.9 Å². The van der Waals surface area contributed by atoms with Crippen LogP contribution in [0.4, 0.5) is 5.95 Å². The Labute approximate surface area is 140 Å². The zero-order chi connectivity index (χ0) is 16.2. The molecule has 1 aromatic heterocycles. The Morgan fingerprint density at radius 2 is 1.87 bits per heavy atom. The van der Waals surface area contributed by atoms with Crippen LogP contribution in [0.3, 0.4) is 0 Å². The average Bonchev–Trinajstić information content (AvgIpc) is 3.00. The summed E-state index contributed by atoms with van der Waals surface area (Å²) >= 11 is 1.35. The van der Waals surface area contributed by atoms with Gasteiger partial charge in [0.05, 0.1) is 10.9 Å². The highest BCUT2D eigenvalue weighted by molar-refractivity contribution is 8.00. The van der Waals surface area contributed by atoms with Crippen molar-refractivity contribution >= 4 is 23.6 Å². The van der Waals surface area contributed by atoms with Crippen LogP contribution in [0.15, 0.2) is 35.5 Å². The van der Waals surface area contributed by atoms with Gasteiger partial charge in [-0.25, -0.2) is 0 Å². The zero-order valence-electron chi connectivity index (χ0n) is 13.2. The molecule has 0 saturated carbocycles. The molecule has 1 aliphatic heterocycles. The fourth-order valence-electron chi connectivity index (χ4n) is 2.66. The molecule has 0 bridgehead atoms. The quantitative estimate of drug-likeness (QED) is 0.850. The van der Waals surface area contributed by atoms with E-state index in [-0.39, 0.29) is 11.2 Å². The summed E-state index contributed by atoms with van der Waals surface area (Å²) in [5, 5.41) is 9.06. The Hall–Kier alpha value is -2.02. The van der Waals surface area contributed by atoms with Crippen molar-refractivity contribution < 1.29 is 4.79 Å². The van der Waals surface area contributed by atoms with Gasteiger partial charge in [-0.1, -0.05) is 30.0 Å². The topological polar surface area (TPSA) is 77.0 Å². The Kier molecular flexibility index (Phi) is 4.85. The van der Waals surface area contributed by atoms with Crippen molar-refractivity contribution in [1.29, 1.82) is 0 Å². The molecule has 0 radical (unpaired) electrons. The summed E-state index contributed by atoms with van der Waals surface area (Å²) in [6.45, 7) is 3.76. The molecular weight excluding hydrogens is 310 g/mol. The second-order valence-corrected chi connectivity index (χ2v) is 6.97. The number of benzene rings is 1. The summed E-state index contributed by atoms with van der Waals surface area (Å²) in [6.07, 6.45) is 3.60. The molecule has 1 atom stereocenters. The molecule has 2 aromatic rings. The number of nitrogens with zero attached hydrogens (tertiary/aromatic N) is 4. The van der Waals surface area contributed by atoms with Crippen molar-refractivity contribution in [2.75, 3.05) is 18.0 Å². The monoisotopic (exact) mass is 331 g/mol. The highest BCUT2D eigenvalue weighted by Crippen LogP contribution is 2.30. The number of anilines is 1. The molecule has 0 unspecified atom stereocenters. The summed E-state index contributed by atoms with van der Waals surface area (Å²) in [5.74, 6) is 0.493. The molecule has 1 amide bonds. The largest absolute Gasteiger partial charge is 0.369 e. The molecule has 2 heterocycles. The fourth-order valence-corrected chi connectivity index (χ4v) is 3.47. The Morgan fingerprint density at radius 1 is 1.17 bits per heavy atom. The molecule has 0 aliphatic carbocycles. The van der Waals surface area contributed by atoms with E-state index in [0.717, 1.165) is 24.7 Å². The lowest BCUT2D eigenvalue weighted by molar-refractivity contribution is -0.117. The number of piperidine rings is 1. The first kappa shape index (κ1) is 15.9. The molecule has 122 valence electrons. The molecule has 1 aliphatic rings. The van der Waals surface area contributed by atoms with Crippen LogP contribution in [0.25, 0.3) is 5.69 Å². The molecule has 1 saturated heterocycles. The minimum Gasteiger partial charge on any atom is -0.369 e. The van der Waals surface area contributed by atoms with Crippen LogP contribution in [-0.4, -0.2) is 39.0 Å². The molecule has 1 fully saturated rings. The first-order valence-electron chi connectivity index (χ1n) is 7.88. The lowest BCUT2D eigenvalue weighted by Gasteiger charge is -2.27. The zero-order valence-corrected chi connectivity index (χ0v) is 14.0. The van der Waals surface area contributed by atoms with Gasteiger partial charge in [-0.3, -0.25) is 9.36 Å². The van der Waals surface area contributed by atoms with Crippen LogP contribution < -0.4 is 10.6 Å². The number of carbonyl (C=O) groups excluding carboxylic acids is 1. The second kappa shape index (κ2) is 7.04. The highest BCUT2D eigenvalue weighted by atomic mass is 32.2. The van der Waals surface area contributed by atoms with Crippen LogP contribution >= 0.6 is 11.8 Å². The van der Waals surface area contributed by atoms with Crippen molar-refractivity contribution in [2.24, 2.45) is 5.73 Å². The number of hydrogen-bond donors (Lipinski definition) is 1. The third-order valence-corrected chi connectivity index (χ3v) is 5.01. The average molecular weight is 331 g/mol. The summed E-state index contributed by atoms with van der Waals surface area (Å²) in [4.78, 5) is 13.7. The Bertz CT molecular complexity index is 666. The van der Waals surface area contributed by atoms with Crippen molar-refractivity contribution in [2.45, 2.75) is 36.6 Å². The number of thioether (sulfide) groups is 1. The second-order valence-electron chi connectivity index (χ2n) is 5.66.